The summed E-state index contributed by atoms with van der Waals surface area (Å²) in [5.41, 5.74) is 5.99. The zero-order valence-electron chi connectivity index (χ0n) is 8.24. The number of hydrogen-bond donors (Lipinski definition) is 3. The number of amides is 1. The third-order valence-corrected chi connectivity index (χ3v) is 3.36. The highest BCUT2D eigenvalue weighted by Gasteiger charge is 2.18. The van der Waals surface area contributed by atoms with Crippen LogP contribution in [0.1, 0.15) is 10.5 Å². The Morgan fingerprint density at radius 1 is 1.29 bits per heavy atom. The second-order valence-corrected chi connectivity index (χ2v) is 4.88. The van der Waals surface area contributed by atoms with Gasteiger partial charge in [0.15, 0.2) is 5.69 Å². The van der Waals surface area contributed by atoms with E-state index in [9.17, 15) is 9.90 Å². The van der Waals surface area contributed by atoms with Crippen molar-refractivity contribution in [2.75, 3.05) is 0 Å². The smallest absolute Gasteiger partial charge is 0.271 e. The minimum atomic E-state index is -0.692. The number of phenols is 1. The van der Waals surface area contributed by atoms with Gasteiger partial charge in [0.1, 0.15) is 11.4 Å². The fraction of sp³-hybridized carbons (Fsp3) is 0. The van der Waals surface area contributed by atoms with Crippen molar-refractivity contribution in [1.29, 1.82) is 0 Å². The van der Waals surface area contributed by atoms with Crippen LogP contribution in [-0.4, -0.2) is 26.4 Å². The topological polar surface area (TPSA) is 105 Å². The van der Waals surface area contributed by atoms with Crippen molar-refractivity contribution in [3.63, 3.8) is 0 Å². The standard InChI is InChI=1S/C9H6Br2N4O2/c10-4-2-5(11)6(16)1-3(4)7-8(9(12)17)14-15-13-7/h1-2,16H,(H2,12,17)(H,13,14,15). The summed E-state index contributed by atoms with van der Waals surface area (Å²) < 4.78 is 1.18. The maximum Gasteiger partial charge on any atom is 0.271 e. The molecule has 0 atom stereocenters. The summed E-state index contributed by atoms with van der Waals surface area (Å²) in [5.74, 6) is -0.662. The predicted octanol–water partition coefficient (Wildman–Crippen LogP) is 1.80. The molecule has 1 amide bonds. The highest BCUT2D eigenvalue weighted by atomic mass is 79.9. The molecule has 0 radical (unpaired) electrons. The molecule has 1 aromatic heterocycles. The third-order valence-electron chi connectivity index (χ3n) is 2.07. The van der Waals surface area contributed by atoms with E-state index in [1.165, 1.54) is 6.07 Å². The van der Waals surface area contributed by atoms with Gasteiger partial charge in [-0.05, 0) is 28.1 Å². The first-order valence-corrected chi connectivity index (χ1v) is 5.98. The van der Waals surface area contributed by atoms with E-state index < -0.39 is 5.91 Å². The number of rotatable bonds is 2. The van der Waals surface area contributed by atoms with E-state index in [0.717, 1.165) is 0 Å². The molecule has 2 rings (SSSR count). The van der Waals surface area contributed by atoms with Crippen LogP contribution in [0, 0.1) is 0 Å². The van der Waals surface area contributed by atoms with Crippen LogP contribution in [0.15, 0.2) is 21.1 Å². The molecule has 0 fully saturated rings. The minimum Gasteiger partial charge on any atom is -0.507 e. The summed E-state index contributed by atoms with van der Waals surface area (Å²) >= 11 is 6.49. The zero-order valence-corrected chi connectivity index (χ0v) is 11.4. The maximum absolute atomic E-state index is 11.1. The van der Waals surface area contributed by atoms with Crippen LogP contribution < -0.4 is 5.73 Å². The fourth-order valence-electron chi connectivity index (χ4n) is 1.31. The first-order valence-electron chi connectivity index (χ1n) is 4.39. The Labute approximate surface area is 112 Å². The summed E-state index contributed by atoms with van der Waals surface area (Å²) in [6.45, 7) is 0. The van der Waals surface area contributed by atoms with Gasteiger partial charge in [0.25, 0.3) is 5.91 Å². The average Bonchev–Trinajstić information content (AvgIpc) is 2.72. The molecule has 0 aliphatic rings. The summed E-state index contributed by atoms with van der Waals surface area (Å²) in [6.07, 6.45) is 0. The number of hydrogen-bond acceptors (Lipinski definition) is 4. The van der Waals surface area contributed by atoms with Crippen molar-refractivity contribution < 1.29 is 9.90 Å². The van der Waals surface area contributed by atoms with Gasteiger partial charge in [0.05, 0.1) is 4.47 Å². The number of phenolic OH excluding ortho intramolecular Hbond substituents is 1. The predicted molar refractivity (Wildman–Crippen MR) is 67.4 cm³/mol. The second-order valence-electron chi connectivity index (χ2n) is 3.17. The molecule has 0 saturated heterocycles. The minimum absolute atomic E-state index is 0.0208. The number of nitrogens with one attached hydrogen (secondary N) is 1. The van der Waals surface area contributed by atoms with Crippen LogP contribution in [-0.2, 0) is 0 Å². The normalized spacial score (nSPS) is 10.5. The number of H-pyrrole nitrogens is 1. The lowest BCUT2D eigenvalue weighted by molar-refractivity contribution is 0.0996. The van der Waals surface area contributed by atoms with Gasteiger partial charge in [-0.25, -0.2) is 0 Å². The lowest BCUT2D eigenvalue weighted by Gasteiger charge is -2.04. The van der Waals surface area contributed by atoms with Gasteiger partial charge in [-0.15, -0.1) is 0 Å². The Balaban J connectivity index is 2.64. The van der Waals surface area contributed by atoms with Crippen molar-refractivity contribution in [3.05, 3.63) is 26.8 Å². The van der Waals surface area contributed by atoms with E-state index in [1.807, 2.05) is 0 Å². The van der Waals surface area contributed by atoms with E-state index >= 15 is 0 Å². The maximum atomic E-state index is 11.1. The lowest BCUT2D eigenvalue weighted by Crippen LogP contribution is -2.12. The van der Waals surface area contributed by atoms with Gasteiger partial charge in [-0.1, -0.05) is 15.9 Å². The van der Waals surface area contributed by atoms with Gasteiger partial charge in [0, 0.05) is 10.0 Å². The Kier molecular flexibility index (Phi) is 3.16. The molecule has 0 aliphatic heterocycles. The fourth-order valence-corrected chi connectivity index (χ4v) is 2.49. The monoisotopic (exact) mass is 360 g/mol. The molecule has 0 bridgehead atoms. The van der Waals surface area contributed by atoms with E-state index in [4.69, 9.17) is 5.73 Å². The van der Waals surface area contributed by atoms with Crippen LogP contribution >= 0.6 is 31.9 Å². The van der Waals surface area contributed by atoms with Crippen LogP contribution in [0.25, 0.3) is 11.3 Å². The number of aromatic hydroxyl groups is 1. The van der Waals surface area contributed by atoms with Crippen molar-refractivity contribution in [2.45, 2.75) is 0 Å². The van der Waals surface area contributed by atoms with Crippen molar-refractivity contribution >= 4 is 37.8 Å². The van der Waals surface area contributed by atoms with E-state index in [-0.39, 0.29) is 17.1 Å². The van der Waals surface area contributed by atoms with E-state index in [2.05, 4.69) is 47.3 Å². The summed E-state index contributed by atoms with van der Waals surface area (Å²) in [7, 11) is 0. The average molecular weight is 362 g/mol. The molecule has 4 N–H and O–H groups in total. The van der Waals surface area contributed by atoms with Crippen LogP contribution in [0.4, 0.5) is 0 Å². The molecule has 0 spiro atoms. The number of carbonyl (C=O) groups excluding carboxylic acids is 1. The molecule has 1 heterocycles. The molecule has 0 unspecified atom stereocenters. The number of aromatic amines is 1. The molecule has 8 heteroatoms. The molecular weight excluding hydrogens is 356 g/mol. The molecule has 0 saturated carbocycles. The molecule has 2 aromatic rings. The first kappa shape index (κ1) is 12.1. The largest absolute Gasteiger partial charge is 0.507 e. The Morgan fingerprint density at radius 2 is 2.00 bits per heavy atom. The number of nitrogens with two attached hydrogens (primary N) is 1. The number of carbonyl (C=O) groups is 1. The van der Waals surface area contributed by atoms with Crippen LogP contribution in [0.5, 0.6) is 5.75 Å². The molecule has 17 heavy (non-hydrogen) atoms. The Bertz CT molecular complexity index is 597. The third kappa shape index (κ3) is 2.18. The number of benzene rings is 1. The van der Waals surface area contributed by atoms with Gasteiger partial charge in [0.2, 0.25) is 0 Å². The molecular formula is C9H6Br2N4O2. The highest BCUT2D eigenvalue weighted by Crippen LogP contribution is 2.36. The SMILES string of the molecule is NC(=O)c1n[nH]nc1-c1cc(O)c(Br)cc1Br. The summed E-state index contributed by atoms with van der Waals surface area (Å²) in [6, 6.07) is 3.10. The van der Waals surface area contributed by atoms with E-state index in [1.54, 1.807) is 6.07 Å². The molecule has 0 aliphatic carbocycles. The van der Waals surface area contributed by atoms with Crippen molar-refractivity contribution in [1.82, 2.24) is 15.4 Å². The number of aromatic nitrogens is 3. The van der Waals surface area contributed by atoms with Crippen molar-refractivity contribution in [2.24, 2.45) is 5.73 Å². The van der Waals surface area contributed by atoms with Gasteiger partial charge in [-0.2, -0.15) is 15.4 Å². The summed E-state index contributed by atoms with van der Waals surface area (Å²) in [4.78, 5) is 11.1. The van der Waals surface area contributed by atoms with Crippen molar-refractivity contribution in [3.8, 4) is 17.0 Å². The Morgan fingerprint density at radius 3 is 2.65 bits per heavy atom. The lowest BCUT2D eigenvalue weighted by atomic mass is 10.1. The highest BCUT2D eigenvalue weighted by molar-refractivity contribution is 9.11. The van der Waals surface area contributed by atoms with E-state index in [0.29, 0.717) is 14.5 Å². The van der Waals surface area contributed by atoms with Gasteiger partial charge < -0.3 is 10.8 Å². The summed E-state index contributed by atoms with van der Waals surface area (Å²) in [5, 5.41) is 19.4. The van der Waals surface area contributed by atoms with Gasteiger partial charge >= 0.3 is 0 Å². The number of primary amides is 1. The van der Waals surface area contributed by atoms with Crippen LogP contribution in [0.3, 0.4) is 0 Å². The molecule has 1 aromatic carbocycles. The second kappa shape index (κ2) is 4.46. The van der Waals surface area contributed by atoms with Gasteiger partial charge in [-0.3, -0.25) is 4.79 Å². The number of nitrogens with zero attached hydrogens (tertiary/aromatic N) is 2. The quantitative estimate of drug-likeness (QED) is 0.758. The molecule has 6 nitrogen and oxygen atoms in total. The Hall–Kier alpha value is -1.41. The number of halogens is 2. The first-order chi connectivity index (χ1) is 8.00. The zero-order chi connectivity index (χ0) is 12.6. The van der Waals surface area contributed by atoms with Crippen LogP contribution in [0.2, 0.25) is 0 Å². The molecule has 88 valence electrons.